The summed E-state index contributed by atoms with van der Waals surface area (Å²) in [6.07, 6.45) is 4.78. The summed E-state index contributed by atoms with van der Waals surface area (Å²) in [5.74, 6) is 0. The van der Waals surface area contributed by atoms with E-state index in [0.717, 1.165) is 6.42 Å². The van der Waals surface area contributed by atoms with Crippen LogP contribution in [0.2, 0.25) is 0 Å². The zero-order valence-electron chi connectivity index (χ0n) is 11.9. The number of benzene rings is 1. The summed E-state index contributed by atoms with van der Waals surface area (Å²) < 4.78 is 0. The normalized spacial score (nSPS) is 14.1. The van der Waals surface area contributed by atoms with Crippen molar-refractivity contribution in [3.8, 4) is 0 Å². The van der Waals surface area contributed by atoms with Gasteiger partial charge in [-0.1, -0.05) is 31.2 Å². The lowest BCUT2D eigenvalue weighted by Gasteiger charge is -2.21. The first-order chi connectivity index (χ1) is 9.20. The second-order valence-corrected chi connectivity index (χ2v) is 4.99. The predicted octanol–water partition coefficient (Wildman–Crippen LogP) is 4.06. The van der Waals surface area contributed by atoms with Crippen LogP contribution in [-0.2, 0) is 6.42 Å². The fourth-order valence-electron chi connectivity index (χ4n) is 2.26. The average Bonchev–Trinajstić information content (AvgIpc) is 2.48. The molecule has 1 aromatic heterocycles. The van der Waals surface area contributed by atoms with Gasteiger partial charge in [0.15, 0.2) is 0 Å². The quantitative estimate of drug-likeness (QED) is 0.870. The van der Waals surface area contributed by atoms with E-state index in [4.69, 9.17) is 0 Å². The van der Waals surface area contributed by atoms with E-state index in [1.807, 2.05) is 12.4 Å². The molecule has 100 valence electrons. The molecule has 1 unspecified atom stereocenters. The van der Waals surface area contributed by atoms with Crippen LogP contribution in [0.5, 0.6) is 0 Å². The van der Waals surface area contributed by atoms with Gasteiger partial charge in [0.25, 0.3) is 0 Å². The Kier molecular flexibility index (Phi) is 4.69. The number of nitrogens with zero attached hydrogens (tertiary/aromatic N) is 1. The summed E-state index contributed by atoms with van der Waals surface area (Å²) in [5.41, 5.74) is 3.99. The van der Waals surface area contributed by atoms with Crippen LogP contribution >= 0.6 is 0 Å². The molecule has 2 nitrogen and oxygen atoms in total. The van der Waals surface area contributed by atoms with E-state index >= 15 is 0 Å². The molecule has 1 heterocycles. The number of pyridine rings is 1. The van der Waals surface area contributed by atoms with Crippen LogP contribution < -0.4 is 5.32 Å². The largest absolute Gasteiger partial charge is 0.304 e. The third-order valence-corrected chi connectivity index (χ3v) is 3.59. The van der Waals surface area contributed by atoms with Gasteiger partial charge in [0.1, 0.15) is 0 Å². The third kappa shape index (κ3) is 3.65. The maximum absolute atomic E-state index is 4.06. The fraction of sp³-hybridized carbons (Fsp3) is 0.353. The Labute approximate surface area is 115 Å². The lowest BCUT2D eigenvalue weighted by molar-refractivity contribution is 0.494. The number of aryl methyl sites for hydroxylation is 1. The smallest absolute Gasteiger partial charge is 0.0298 e. The Bertz CT molecular complexity index is 490. The molecular weight excluding hydrogens is 232 g/mol. The molecule has 0 aliphatic rings. The molecule has 0 saturated carbocycles. The van der Waals surface area contributed by atoms with Crippen molar-refractivity contribution in [3.63, 3.8) is 0 Å². The minimum atomic E-state index is 0.323. The molecule has 2 heteroatoms. The minimum absolute atomic E-state index is 0.323. The topological polar surface area (TPSA) is 24.9 Å². The monoisotopic (exact) mass is 254 g/mol. The van der Waals surface area contributed by atoms with Crippen molar-refractivity contribution in [2.45, 2.75) is 39.3 Å². The van der Waals surface area contributed by atoms with Gasteiger partial charge < -0.3 is 5.32 Å². The van der Waals surface area contributed by atoms with E-state index in [9.17, 15) is 0 Å². The Balaban J connectivity index is 2.02. The van der Waals surface area contributed by atoms with Gasteiger partial charge in [0.2, 0.25) is 0 Å². The summed E-state index contributed by atoms with van der Waals surface area (Å²) in [6.45, 7) is 6.58. The second kappa shape index (κ2) is 6.48. The van der Waals surface area contributed by atoms with E-state index in [-0.39, 0.29) is 0 Å². The minimum Gasteiger partial charge on any atom is -0.304 e. The molecule has 19 heavy (non-hydrogen) atoms. The third-order valence-electron chi connectivity index (χ3n) is 3.59. The van der Waals surface area contributed by atoms with E-state index < -0.39 is 0 Å². The van der Waals surface area contributed by atoms with Crippen LogP contribution in [0.25, 0.3) is 0 Å². The first-order valence-electron chi connectivity index (χ1n) is 6.95. The fourth-order valence-corrected chi connectivity index (χ4v) is 2.26. The van der Waals surface area contributed by atoms with Gasteiger partial charge in [-0.2, -0.15) is 0 Å². The summed E-state index contributed by atoms with van der Waals surface area (Å²) in [6, 6.07) is 13.6. The first kappa shape index (κ1) is 13.8. The molecule has 0 bridgehead atoms. The number of aromatic nitrogens is 1. The zero-order chi connectivity index (χ0) is 13.7. The van der Waals surface area contributed by atoms with E-state index in [1.54, 1.807) is 0 Å². The molecule has 0 aliphatic carbocycles. The molecule has 0 spiro atoms. The predicted molar refractivity (Wildman–Crippen MR) is 80.0 cm³/mol. The summed E-state index contributed by atoms with van der Waals surface area (Å²) in [4.78, 5) is 4.06. The molecule has 0 saturated heterocycles. The molecule has 0 aliphatic heterocycles. The van der Waals surface area contributed by atoms with E-state index in [2.05, 4.69) is 67.5 Å². The van der Waals surface area contributed by atoms with Crippen LogP contribution in [0, 0.1) is 0 Å². The van der Waals surface area contributed by atoms with Crippen molar-refractivity contribution in [1.82, 2.24) is 10.3 Å². The number of nitrogens with one attached hydrogen (secondary N) is 1. The van der Waals surface area contributed by atoms with Crippen molar-refractivity contribution in [2.75, 3.05) is 0 Å². The lowest BCUT2D eigenvalue weighted by Crippen LogP contribution is -2.22. The van der Waals surface area contributed by atoms with Gasteiger partial charge in [-0.15, -0.1) is 0 Å². The number of hydrogen-bond acceptors (Lipinski definition) is 2. The van der Waals surface area contributed by atoms with Crippen molar-refractivity contribution in [1.29, 1.82) is 0 Å². The highest BCUT2D eigenvalue weighted by Gasteiger charge is 2.10. The van der Waals surface area contributed by atoms with Crippen LogP contribution in [0.1, 0.15) is 49.5 Å². The molecular formula is C17H22N2. The molecule has 0 fully saturated rings. The van der Waals surface area contributed by atoms with Gasteiger partial charge >= 0.3 is 0 Å². The number of hydrogen-bond donors (Lipinski definition) is 1. The second-order valence-electron chi connectivity index (χ2n) is 4.99. The maximum atomic E-state index is 4.06. The van der Waals surface area contributed by atoms with Crippen molar-refractivity contribution in [2.24, 2.45) is 0 Å². The van der Waals surface area contributed by atoms with Crippen LogP contribution in [0.15, 0.2) is 48.8 Å². The van der Waals surface area contributed by atoms with Gasteiger partial charge in [0, 0.05) is 24.5 Å². The molecule has 2 rings (SSSR count). The van der Waals surface area contributed by atoms with E-state index in [1.165, 1.54) is 16.7 Å². The van der Waals surface area contributed by atoms with Gasteiger partial charge in [-0.25, -0.2) is 0 Å². The standard InChI is InChI=1S/C17H22N2/c1-4-15-5-7-16(8-6-15)13(2)19-14(3)17-9-11-18-12-10-17/h5-14,19H,4H2,1-3H3/t13?,14-/m1/s1. The Morgan fingerprint density at radius 1 is 0.895 bits per heavy atom. The van der Waals surface area contributed by atoms with Gasteiger partial charge in [-0.05, 0) is 49.1 Å². The highest BCUT2D eigenvalue weighted by atomic mass is 14.9. The van der Waals surface area contributed by atoms with Crippen molar-refractivity contribution < 1.29 is 0 Å². The summed E-state index contributed by atoms with van der Waals surface area (Å²) >= 11 is 0. The summed E-state index contributed by atoms with van der Waals surface area (Å²) in [7, 11) is 0. The Hall–Kier alpha value is -1.67. The van der Waals surface area contributed by atoms with Gasteiger partial charge in [-0.3, -0.25) is 4.98 Å². The summed E-state index contributed by atoms with van der Waals surface area (Å²) in [5, 5.41) is 3.62. The van der Waals surface area contributed by atoms with Gasteiger partial charge in [0.05, 0.1) is 0 Å². The SMILES string of the molecule is CCc1ccc(C(C)N[C@H](C)c2ccncc2)cc1. The highest BCUT2D eigenvalue weighted by molar-refractivity contribution is 5.25. The highest BCUT2D eigenvalue weighted by Crippen LogP contribution is 2.19. The lowest BCUT2D eigenvalue weighted by atomic mass is 10.0. The molecule has 0 radical (unpaired) electrons. The Morgan fingerprint density at radius 3 is 1.95 bits per heavy atom. The van der Waals surface area contributed by atoms with Crippen LogP contribution in [-0.4, -0.2) is 4.98 Å². The number of rotatable bonds is 5. The molecule has 2 atom stereocenters. The molecule has 0 amide bonds. The van der Waals surface area contributed by atoms with Crippen molar-refractivity contribution >= 4 is 0 Å². The van der Waals surface area contributed by atoms with E-state index in [0.29, 0.717) is 12.1 Å². The molecule has 2 aromatic rings. The first-order valence-corrected chi connectivity index (χ1v) is 6.95. The Morgan fingerprint density at radius 2 is 1.42 bits per heavy atom. The maximum Gasteiger partial charge on any atom is 0.0298 e. The average molecular weight is 254 g/mol. The van der Waals surface area contributed by atoms with Crippen LogP contribution in [0.3, 0.4) is 0 Å². The molecule has 1 N–H and O–H groups in total. The zero-order valence-corrected chi connectivity index (χ0v) is 11.9. The van der Waals surface area contributed by atoms with Crippen LogP contribution in [0.4, 0.5) is 0 Å². The van der Waals surface area contributed by atoms with Crippen molar-refractivity contribution in [3.05, 3.63) is 65.5 Å². The molecule has 1 aromatic carbocycles.